The van der Waals surface area contributed by atoms with Gasteiger partial charge in [-0.15, -0.1) is 6.58 Å². The minimum atomic E-state index is -0.355. The summed E-state index contributed by atoms with van der Waals surface area (Å²) in [5.41, 5.74) is 0. The second kappa shape index (κ2) is 5.52. The van der Waals surface area contributed by atoms with Gasteiger partial charge in [0.05, 0.1) is 6.61 Å². The molecule has 0 spiro atoms. The second-order valence-electron chi connectivity index (χ2n) is 4.15. The normalized spacial score (nSPS) is 32.0. The molecule has 0 N–H and O–H groups in total. The van der Waals surface area contributed by atoms with Crippen LogP contribution >= 0.6 is 0 Å². The molecule has 2 heteroatoms. The Hall–Kier alpha value is -0.340. The first kappa shape index (κ1) is 11.7. The highest BCUT2D eigenvalue weighted by molar-refractivity contribution is 4.86. The SMILES string of the molecule is C=CC1COC(C)(CCCCCC)O1. The molecule has 0 radical (unpaired) electrons. The highest BCUT2D eigenvalue weighted by Crippen LogP contribution is 2.29. The molecule has 0 aromatic heterocycles. The van der Waals surface area contributed by atoms with Gasteiger partial charge in [-0.2, -0.15) is 0 Å². The van der Waals surface area contributed by atoms with Crippen molar-refractivity contribution >= 4 is 0 Å². The number of hydrogen-bond donors (Lipinski definition) is 0. The monoisotopic (exact) mass is 198 g/mol. The fraction of sp³-hybridized carbons (Fsp3) is 0.833. The van der Waals surface area contributed by atoms with E-state index in [4.69, 9.17) is 9.47 Å². The van der Waals surface area contributed by atoms with Crippen molar-refractivity contribution in [1.29, 1.82) is 0 Å². The summed E-state index contributed by atoms with van der Waals surface area (Å²) in [6.07, 6.45) is 7.95. The van der Waals surface area contributed by atoms with Crippen molar-refractivity contribution in [2.24, 2.45) is 0 Å². The first-order chi connectivity index (χ1) is 6.70. The maximum atomic E-state index is 5.74. The van der Waals surface area contributed by atoms with Crippen molar-refractivity contribution in [2.45, 2.75) is 57.8 Å². The first-order valence-electron chi connectivity index (χ1n) is 5.64. The molecule has 0 aromatic rings. The lowest BCUT2D eigenvalue weighted by molar-refractivity contribution is -0.154. The van der Waals surface area contributed by atoms with E-state index in [2.05, 4.69) is 13.5 Å². The van der Waals surface area contributed by atoms with Gasteiger partial charge >= 0.3 is 0 Å². The van der Waals surface area contributed by atoms with Crippen LogP contribution in [0.15, 0.2) is 12.7 Å². The van der Waals surface area contributed by atoms with Crippen LogP contribution in [0.25, 0.3) is 0 Å². The smallest absolute Gasteiger partial charge is 0.166 e. The van der Waals surface area contributed by atoms with E-state index in [1.165, 1.54) is 25.7 Å². The Labute approximate surface area is 87.3 Å². The summed E-state index contributed by atoms with van der Waals surface area (Å²) >= 11 is 0. The van der Waals surface area contributed by atoms with Crippen molar-refractivity contribution in [2.75, 3.05) is 6.61 Å². The van der Waals surface area contributed by atoms with Crippen molar-refractivity contribution in [3.8, 4) is 0 Å². The Balaban J connectivity index is 2.19. The zero-order chi connectivity index (χ0) is 10.4. The fourth-order valence-corrected chi connectivity index (χ4v) is 1.77. The molecule has 1 aliphatic rings. The van der Waals surface area contributed by atoms with Crippen molar-refractivity contribution < 1.29 is 9.47 Å². The summed E-state index contributed by atoms with van der Waals surface area (Å²) in [5, 5.41) is 0. The minimum absolute atomic E-state index is 0.0891. The molecule has 2 atom stereocenters. The number of unbranched alkanes of at least 4 members (excludes halogenated alkanes) is 3. The molecular weight excluding hydrogens is 176 g/mol. The molecule has 2 nitrogen and oxygen atoms in total. The third kappa shape index (κ3) is 3.43. The van der Waals surface area contributed by atoms with Crippen LogP contribution < -0.4 is 0 Å². The largest absolute Gasteiger partial charge is 0.347 e. The van der Waals surface area contributed by atoms with Crippen LogP contribution in [-0.2, 0) is 9.47 Å². The molecule has 0 aliphatic carbocycles. The lowest BCUT2D eigenvalue weighted by Gasteiger charge is -2.22. The van der Waals surface area contributed by atoms with E-state index in [9.17, 15) is 0 Å². The Morgan fingerprint density at radius 1 is 1.43 bits per heavy atom. The van der Waals surface area contributed by atoms with Crippen LogP contribution in [-0.4, -0.2) is 18.5 Å². The topological polar surface area (TPSA) is 18.5 Å². The maximum absolute atomic E-state index is 5.74. The van der Waals surface area contributed by atoms with E-state index in [1.54, 1.807) is 0 Å². The molecule has 0 amide bonds. The number of hydrogen-bond acceptors (Lipinski definition) is 2. The summed E-state index contributed by atoms with van der Waals surface area (Å²) < 4.78 is 11.4. The molecule has 0 bridgehead atoms. The predicted octanol–water partition coefficient (Wildman–Crippen LogP) is 3.27. The highest BCUT2D eigenvalue weighted by Gasteiger charge is 2.34. The summed E-state index contributed by atoms with van der Waals surface area (Å²) in [7, 11) is 0. The maximum Gasteiger partial charge on any atom is 0.166 e. The van der Waals surface area contributed by atoms with Gasteiger partial charge in [-0.3, -0.25) is 0 Å². The average Bonchev–Trinajstić information content (AvgIpc) is 2.56. The van der Waals surface area contributed by atoms with E-state index in [-0.39, 0.29) is 11.9 Å². The van der Waals surface area contributed by atoms with Gasteiger partial charge in [0.25, 0.3) is 0 Å². The Kier molecular flexibility index (Phi) is 4.63. The van der Waals surface area contributed by atoms with Crippen molar-refractivity contribution in [3.05, 3.63) is 12.7 Å². The van der Waals surface area contributed by atoms with Gasteiger partial charge < -0.3 is 9.47 Å². The molecule has 14 heavy (non-hydrogen) atoms. The van der Waals surface area contributed by atoms with Gasteiger partial charge in [0.15, 0.2) is 5.79 Å². The molecule has 1 heterocycles. The lowest BCUT2D eigenvalue weighted by atomic mass is 10.1. The van der Waals surface area contributed by atoms with E-state index in [0.29, 0.717) is 6.61 Å². The molecule has 1 rings (SSSR count). The van der Waals surface area contributed by atoms with E-state index in [1.807, 2.05) is 13.0 Å². The van der Waals surface area contributed by atoms with E-state index < -0.39 is 0 Å². The van der Waals surface area contributed by atoms with Crippen LogP contribution in [0, 0.1) is 0 Å². The minimum Gasteiger partial charge on any atom is -0.347 e. The lowest BCUT2D eigenvalue weighted by Crippen LogP contribution is -2.26. The zero-order valence-corrected chi connectivity index (χ0v) is 9.42. The van der Waals surface area contributed by atoms with E-state index in [0.717, 1.165) is 6.42 Å². The standard InChI is InChI=1S/C12H22O2/c1-4-6-7-8-9-12(3)13-10-11(5-2)14-12/h5,11H,2,4,6-10H2,1,3H3. The van der Waals surface area contributed by atoms with Crippen molar-refractivity contribution in [1.82, 2.24) is 0 Å². The fourth-order valence-electron chi connectivity index (χ4n) is 1.77. The molecule has 1 fully saturated rings. The molecule has 82 valence electrons. The van der Waals surface area contributed by atoms with E-state index >= 15 is 0 Å². The predicted molar refractivity (Wildman–Crippen MR) is 58.2 cm³/mol. The van der Waals surface area contributed by atoms with Gasteiger partial charge in [-0.25, -0.2) is 0 Å². The zero-order valence-electron chi connectivity index (χ0n) is 9.42. The van der Waals surface area contributed by atoms with Crippen molar-refractivity contribution in [3.63, 3.8) is 0 Å². The Morgan fingerprint density at radius 2 is 2.21 bits per heavy atom. The van der Waals surface area contributed by atoms with Crippen LogP contribution in [0.1, 0.15) is 46.0 Å². The summed E-state index contributed by atoms with van der Waals surface area (Å²) in [6.45, 7) is 8.62. The van der Waals surface area contributed by atoms with Crippen LogP contribution in [0.2, 0.25) is 0 Å². The molecule has 2 unspecified atom stereocenters. The summed E-state index contributed by atoms with van der Waals surface area (Å²) in [5.74, 6) is -0.355. The molecule has 0 saturated carbocycles. The second-order valence-corrected chi connectivity index (χ2v) is 4.15. The Bertz CT molecular complexity index is 179. The summed E-state index contributed by atoms with van der Waals surface area (Å²) in [4.78, 5) is 0. The Morgan fingerprint density at radius 3 is 2.79 bits per heavy atom. The van der Waals surface area contributed by atoms with Crippen LogP contribution in [0.5, 0.6) is 0 Å². The highest BCUT2D eigenvalue weighted by atomic mass is 16.7. The van der Waals surface area contributed by atoms with Crippen LogP contribution in [0.4, 0.5) is 0 Å². The first-order valence-corrected chi connectivity index (χ1v) is 5.64. The molecular formula is C12H22O2. The molecule has 0 aromatic carbocycles. The van der Waals surface area contributed by atoms with Crippen LogP contribution in [0.3, 0.4) is 0 Å². The van der Waals surface area contributed by atoms with Gasteiger partial charge in [-0.1, -0.05) is 32.3 Å². The molecule has 1 aliphatic heterocycles. The van der Waals surface area contributed by atoms with Gasteiger partial charge in [0.1, 0.15) is 6.10 Å². The number of ether oxygens (including phenoxy) is 2. The van der Waals surface area contributed by atoms with Gasteiger partial charge in [0.2, 0.25) is 0 Å². The number of rotatable bonds is 6. The molecule has 1 saturated heterocycles. The van der Waals surface area contributed by atoms with Gasteiger partial charge in [0, 0.05) is 6.42 Å². The summed E-state index contributed by atoms with van der Waals surface area (Å²) in [6, 6.07) is 0. The third-order valence-electron chi connectivity index (χ3n) is 2.70. The average molecular weight is 198 g/mol. The van der Waals surface area contributed by atoms with Gasteiger partial charge in [-0.05, 0) is 13.3 Å². The third-order valence-corrected chi connectivity index (χ3v) is 2.70. The quantitative estimate of drug-likeness (QED) is 0.481.